The van der Waals surface area contributed by atoms with Crippen LogP contribution >= 0.6 is 11.6 Å². The summed E-state index contributed by atoms with van der Waals surface area (Å²) in [6, 6.07) is 0. The van der Waals surface area contributed by atoms with Crippen LogP contribution in [-0.4, -0.2) is 14.7 Å². The normalized spacial score (nSPS) is 12.5. The van der Waals surface area contributed by atoms with Crippen LogP contribution in [0.3, 0.4) is 0 Å². The second-order valence-corrected chi connectivity index (χ2v) is 3.14. The molecule has 0 spiro atoms. The maximum Gasteiger partial charge on any atom is 0.138 e. The third kappa shape index (κ3) is 2.24. The highest BCUT2D eigenvalue weighted by molar-refractivity contribution is 6.29. The van der Waals surface area contributed by atoms with Gasteiger partial charge in [0.05, 0.1) is 6.20 Å². The second-order valence-electron chi connectivity index (χ2n) is 2.76. The summed E-state index contributed by atoms with van der Waals surface area (Å²) in [5.41, 5.74) is 0. The highest BCUT2D eigenvalue weighted by atomic mass is 35.5. The summed E-state index contributed by atoms with van der Waals surface area (Å²) in [4.78, 5) is 3.98. The van der Waals surface area contributed by atoms with Crippen LogP contribution in [0.15, 0.2) is 6.20 Å². The lowest BCUT2D eigenvalue weighted by atomic mass is 10.2. The molecule has 0 aliphatic heterocycles. The molecule has 13 heavy (non-hydrogen) atoms. The Morgan fingerprint density at radius 1 is 1.85 bits per heavy atom. The van der Waals surface area contributed by atoms with Crippen LogP contribution < -0.4 is 0 Å². The maximum absolute atomic E-state index is 9.61. The van der Waals surface area contributed by atoms with Crippen LogP contribution in [0.5, 0.6) is 0 Å². The van der Waals surface area contributed by atoms with E-state index >= 15 is 0 Å². The van der Waals surface area contributed by atoms with Crippen LogP contribution in [0, 0.1) is 12.3 Å². The van der Waals surface area contributed by atoms with Gasteiger partial charge in [0.2, 0.25) is 0 Å². The molecule has 0 bridgehead atoms. The van der Waals surface area contributed by atoms with Crippen LogP contribution in [-0.2, 0) is 7.05 Å². The zero-order valence-corrected chi connectivity index (χ0v) is 8.12. The Morgan fingerprint density at radius 2 is 2.54 bits per heavy atom. The minimum Gasteiger partial charge on any atom is -0.385 e. The molecule has 4 heteroatoms. The molecule has 1 aromatic rings. The Hall–Kier alpha value is -0.980. The van der Waals surface area contributed by atoms with E-state index in [4.69, 9.17) is 18.0 Å². The van der Waals surface area contributed by atoms with E-state index in [2.05, 4.69) is 10.9 Å². The molecule has 1 aromatic heterocycles. The molecule has 1 rings (SSSR count). The van der Waals surface area contributed by atoms with Crippen molar-refractivity contribution >= 4 is 11.6 Å². The van der Waals surface area contributed by atoms with Crippen LogP contribution in [0.4, 0.5) is 0 Å². The molecule has 0 aliphatic carbocycles. The van der Waals surface area contributed by atoms with E-state index in [1.54, 1.807) is 11.6 Å². The molecule has 0 radical (unpaired) electrons. The lowest BCUT2D eigenvalue weighted by Gasteiger charge is -2.08. The van der Waals surface area contributed by atoms with E-state index in [9.17, 15) is 5.11 Å². The summed E-state index contributed by atoms with van der Waals surface area (Å²) in [5.74, 6) is 3.02. The molecule has 3 nitrogen and oxygen atoms in total. The van der Waals surface area contributed by atoms with Gasteiger partial charge in [0.15, 0.2) is 0 Å². The van der Waals surface area contributed by atoms with Crippen LogP contribution in [0.1, 0.15) is 24.8 Å². The van der Waals surface area contributed by atoms with E-state index in [0.29, 0.717) is 23.8 Å². The summed E-state index contributed by atoms with van der Waals surface area (Å²) < 4.78 is 1.64. The molecule has 70 valence electrons. The number of imidazole rings is 1. The smallest absolute Gasteiger partial charge is 0.138 e. The Labute approximate surface area is 82.4 Å². The summed E-state index contributed by atoms with van der Waals surface area (Å²) in [6.07, 6.45) is 7.01. The van der Waals surface area contributed by atoms with Crippen molar-refractivity contribution in [2.75, 3.05) is 0 Å². The average molecular weight is 199 g/mol. The van der Waals surface area contributed by atoms with E-state index in [1.165, 1.54) is 6.20 Å². The van der Waals surface area contributed by atoms with Crippen molar-refractivity contribution < 1.29 is 5.11 Å². The Balaban J connectivity index is 2.72. The molecule has 1 unspecified atom stereocenters. The van der Waals surface area contributed by atoms with Crippen molar-refractivity contribution in [3.05, 3.63) is 17.2 Å². The first kappa shape index (κ1) is 10.1. The molecule has 1 heterocycles. The molecule has 0 amide bonds. The molecule has 0 aliphatic rings. The summed E-state index contributed by atoms with van der Waals surface area (Å²) in [5, 5.41) is 10.1. The van der Waals surface area contributed by atoms with E-state index in [1.807, 2.05) is 0 Å². The van der Waals surface area contributed by atoms with E-state index in [0.717, 1.165) is 0 Å². The van der Waals surface area contributed by atoms with Crippen molar-refractivity contribution in [2.24, 2.45) is 7.05 Å². The number of aliphatic hydroxyl groups is 1. The molecular formula is C9H11ClN2O. The minimum absolute atomic E-state index is 0.509. The third-order valence-corrected chi connectivity index (χ3v) is 2.18. The highest BCUT2D eigenvalue weighted by Gasteiger charge is 2.13. The van der Waals surface area contributed by atoms with Crippen molar-refractivity contribution in [1.29, 1.82) is 0 Å². The fraction of sp³-hybridized carbons (Fsp3) is 0.444. The number of aromatic nitrogens is 2. The van der Waals surface area contributed by atoms with Crippen molar-refractivity contribution in [2.45, 2.75) is 18.9 Å². The zero-order valence-electron chi connectivity index (χ0n) is 7.37. The third-order valence-electron chi connectivity index (χ3n) is 1.83. The average Bonchev–Trinajstić information content (AvgIpc) is 2.44. The van der Waals surface area contributed by atoms with Gasteiger partial charge in [-0.3, -0.25) is 0 Å². The Morgan fingerprint density at radius 3 is 3.00 bits per heavy atom. The quantitative estimate of drug-likeness (QED) is 0.748. The highest BCUT2D eigenvalue weighted by Crippen LogP contribution is 2.19. The molecule has 1 N–H and O–H groups in total. The first-order chi connectivity index (χ1) is 6.16. The molecule has 0 fully saturated rings. The van der Waals surface area contributed by atoms with Gasteiger partial charge in [0.25, 0.3) is 0 Å². The molecule has 0 aromatic carbocycles. The van der Waals surface area contributed by atoms with Gasteiger partial charge < -0.3 is 9.67 Å². The fourth-order valence-electron chi connectivity index (χ4n) is 1.06. The molecule has 1 atom stereocenters. The van der Waals surface area contributed by atoms with Gasteiger partial charge in [-0.15, -0.1) is 12.3 Å². The van der Waals surface area contributed by atoms with Crippen molar-refractivity contribution in [1.82, 2.24) is 9.55 Å². The number of nitrogens with zero attached hydrogens (tertiary/aromatic N) is 2. The largest absolute Gasteiger partial charge is 0.385 e. The zero-order chi connectivity index (χ0) is 9.84. The first-order valence-corrected chi connectivity index (χ1v) is 4.33. The topological polar surface area (TPSA) is 38.1 Å². The number of aliphatic hydroxyl groups excluding tert-OH is 1. The number of hydrogen-bond donors (Lipinski definition) is 1. The number of rotatable bonds is 3. The van der Waals surface area contributed by atoms with Gasteiger partial charge in [-0.2, -0.15) is 0 Å². The van der Waals surface area contributed by atoms with Gasteiger partial charge in [0, 0.05) is 13.5 Å². The minimum atomic E-state index is -0.631. The van der Waals surface area contributed by atoms with Gasteiger partial charge >= 0.3 is 0 Å². The molecule has 0 saturated heterocycles. The van der Waals surface area contributed by atoms with Gasteiger partial charge in [0.1, 0.15) is 17.1 Å². The van der Waals surface area contributed by atoms with Gasteiger partial charge in [-0.05, 0) is 6.42 Å². The maximum atomic E-state index is 9.61. The Bertz CT molecular complexity index is 327. The van der Waals surface area contributed by atoms with Crippen molar-refractivity contribution in [3.63, 3.8) is 0 Å². The van der Waals surface area contributed by atoms with Crippen LogP contribution in [0.25, 0.3) is 0 Å². The SMILES string of the molecule is C#CCCC(O)c1ncc(Cl)n1C. The summed E-state index contributed by atoms with van der Waals surface area (Å²) >= 11 is 5.76. The van der Waals surface area contributed by atoms with Gasteiger partial charge in [-0.25, -0.2) is 4.98 Å². The van der Waals surface area contributed by atoms with Crippen molar-refractivity contribution in [3.8, 4) is 12.3 Å². The van der Waals surface area contributed by atoms with Crippen LogP contribution in [0.2, 0.25) is 5.15 Å². The van der Waals surface area contributed by atoms with E-state index in [-0.39, 0.29) is 0 Å². The summed E-state index contributed by atoms with van der Waals surface area (Å²) in [6.45, 7) is 0. The second kappa shape index (κ2) is 4.31. The predicted molar refractivity (Wildman–Crippen MR) is 51.2 cm³/mol. The summed E-state index contributed by atoms with van der Waals surface area (Å²) in [7, 11) is 1.75. The Kier molecular flexibility index (Phi) is 3.35. The monoisotopic (exact) mass is 198 g/mol. The molecular weight excluding hydrogens is 188 g/mol. The molecule has 0 saturated carbocycles. The fourth-order valence-corrected chi connectivity index (χ4v) is 1.20. The predicted octanol–water partition coefficient (Wildman–Crippen LogP) is 1.52. The van der Waals surface area contributed by atoms with E-state index < -0.39 is 6.10 Å². The standard InChI is InChI=1S/C9H11ClN2O/c1-3-4-5-7(13)9-11-6-8(10)12(9)2/h1,6-7,13H,4-5H2,2H3. The first-order valence-electron chi connectivity index (χ1n) is 3.95. The lowest BCUT2D eigenvalue weighted by Crippen LogP contribution is -2.05. The number of halogens is 1. The number of hydrogen-bond acceptors (Lipinski definition) is 2. The lowest BCUT2D eigenvalue weighted by molar-refractivity contribution is 0.156. The number of terminal acetylenes is 1. The van der Waals surface area contributed by atoms with Gasteiger partial charge in [-0.1, -0.05) is 11.6 Å².